The molecule has 1 fully saturated rings. The normalized spacial score (nSPS) is 18.6. The van der Waals surface area contributed by atoms with Crippen LogP contribution in [0.1, 0.15) is 5.56 Å². The molecule has 1 aromatic rings. The molecule has 0 unspecified atom stereocenters. The van der Waals surface area contributed by atoms with Crippen LogP contribution in [-0.2, 0) is 16.0 Å². The second-order valence-electron chi connectivity index (χ2n) is 5.03. The number of anilines is 3. The Hall–Kier alpha value is -2.24. The summed E-state index contributed by atoms with van der Waals surface area (Å²) in [4.78, 5) is 26.8. The summed E-state index contributed by atoms with van der Waals surface area (Å²) in [5, 5.41) is 2.81. The van der Waals surface area contributed by atoms with Gasteiger partial charge in [-0.1, -0.05) is 0 Å². The molecule has 6 nitrogen and oxygen atoms in total. The average Bonchev–Trinajstić information content (AvgIpc) is 2.71. The topological polar surface area (TPSA) is 78.7 Å². The zero-order valence-corrected chi connectivity index (χ0v) is 10.8. The highest BCUT2D eigenvalue weighted by molar-refractivity contribution is 6.01. The van der Waals surface area contributed by atoms with Crippen LogP contribution in [0, 0.1) is 0 Å². The summed E-state index contributed by atoms with van der Waals surface area (Å²) in [6.45, 7) is 1.76. The fourth-order valence-electron chi connectivity index (χ4n) is 2.52. The van der Waals surface area contributed by atoms with E-state index >= 15 is 0 Å². The first-order valence-electron chi connectivity index (χ1n) is 6.26. The molecule has 2 aliphatic rings. The Morgan fingerprint density at radius 3 is 2.79 bits per heavy atom. The van der Waals surface area contributed by atoms with E-state index in [1.54, 1.807) is 11.9 Å². The van der Waals surface area contributed by atoms with Crippen molar-refractivity contribution in [3.8, 4) is 0 Å². The van der Waals surface area contributed by atoms with Crippen molar-refractivity contribution >= 4 is 28.9 Å². The molecule has 100 valence electrons. The summed E-state index contributed by atoms with van der Waals surface area (Å²) in [5.41, 5.74) is 9.21. The van der Waals surface area contributed by atoms with Gasteiger partial charge in [-0.2, -0.15) is 0 Å². The maximum atomic E-state index is 11.7. The third kappa shape index (κ3) is 1.99. The lowest BCUT2D eigenvalue weighted by molar-refractivity contribution is -0.129. The second kappa shape index (κ2) is 4.15. The number of hydrogen-bond acceptors (Lipinski definition) is 4. The van der Waals surface area contributed by atoms with Gasteiger partial charge >= 0.3 is 0 Å². The van der Waals surface area contributed by atoms with Crippen LogP contribution in [-0.4, -0.2) is 43.4 Å². The third-order valence-electron chi connectivity index (χ3n) is 3.68. The monoisotopic (exact) mass is 260 g/mol. The van der Waals surface area contributed by atoms with Gasteiger partial charge in [0.2, 0.25) is 11.8 Å². The van der Waals surface area contributed by atoms with E-state index in [0.717, 1.165) is 23.5 Å². The van der Waals surface area contributed by atoms with Crippen LogP contribution in [0.15, 0.2) is 12.1 Å². The molecule has 0 bridgehead atoms. The summed E-state index contributed by atoms with van der Waals surface area (Å²) in [7, 11) is 1.80. The molecule has 2 heterocycles. The molecule has 0 saturated carbocycles. The number of carbonyl (C=O) groups is 2. The first-order chi connectivity index (χ1) is 9.04. The molecule has 2 aliphatic heterocycles. The van der Waals surface area contributed by atoms with Crippen molar-refractivity contribution in [2.45, 2.75) is 6.42 Å². The van der Waals surface area contributed by atoms with Crippen LogP contribution in [0.3, 0.4) is 0 Å². The summed E-state index contributed by atoms with van der Waals surface area (Å²) < 4.78 is 0. The van der Waals surface area contributed by atoms with E-state index in [9.17, 15) is 9.59 Å². The van der Waals surface area contributed by atoms with Gasteiger partial charge in [0.05, 0.1) is 24.3 Å². The van der Waals surface area contributed by atoms with E-state index in [4.69, 9.17) is 5.73 Å². The Balaban J connectivity index is 1.92. The number of nitrogens with one attached hydrogen (secondary N) is 1. The summed E-state index contributed by atoms with van der Waals surface area (Å²) >= 11 is 0. The predicted molar refractivity (Wildman–Crippen MR) is 73.0 cm³/mol. The second-order valence-corrected chi connectivity index (χ2v) is 5.03. The van der Waals surface area contributed by atoms with E-state index in [0.29, 0.717) is 25.2 Å². The Morgan fingerprint density at radius 1 is 1.26 bits per heavy atom. The SMILES string of the molecule is CN1CCN(c2cc3c(cc2N)CC(=O)N3)CC1=O. The summed E-state index contributed by atoms with van der Waals surface area (Å²) in [6, 6.07) is 3.69. The van der Waals surface area contributed by atoms with Gasteiger partial charge in [-0.05, 0) is 17.7 Å². The van der Waals surface area contributed by atoms with Crippen molar-refractivity contribution in [3.05, 3.63) is 17.7 Å². The van der Waals surface area contributed by atoms with Crippen LogP contribution >= 0.6 is 0 Å². The standard InChI is InChI=1S/C13H16N4O2/c1-16-2-3-17(7-13(16)19)11-6-10-8(4-9(11)14)5-12(18)15-10/h4,6H,2-3,5,7,14H2,1H3,(H,15,18). The summed E-state index contributed by atoms with van der Waals surface area (Å²) in [6.07, 6.45) is 0.376. The van der Waals surface area contributed by atoms with Crippen LogP contribution in [0.4, 0.5) is 17.1 Å². The minimum absolute atomic E-state index is 0.0130. The minimum atomic E-state index is -0.0130. The van der Waals surface area contributed by atoms with Gasteiger partial charge in [0.25, 0.3) is 0 Å². The van der Waals surface area contributed by atoms with Gasteiger partial charge in [-0.15, -0.1) is 0 Å². The lowest BCUT2D eigenvalue weighted by atomic mass is 10.1. The molecular weight excluding hydrogens is 244 g/mol. The maximum absolute atomic E-state index is 11.7. The van der Waals surface area contributed by atoms with Gasteiger partial charge < -0.3 is 20.9 Å². The molecule has 0 atom stereocenters. The van der Waals surface area contributed by atoms with Crippen molar-refractivity contribution in [1.82, 2.24) is 4.90 Å². The van der Waals surface area contributed by atoms with E-state index in [1.807, 2.05) is 17.0 Å². The number of benzene rings is 1. The van der Waals surface area contributed by atoms with E-state index in [-0.39, 0.29) is 11.8 Å². The predicted octanol–water partition coefficient (Wildman–Crippen LogP) is 0.0418. The number of nitrogens with zero attached hydrogens (tertiary/aromatic N) is 2. The van der Waals surface area contributed by atoms with Crippen LogP contribution < -0.4 is 16.0 Å². The van der Waals surface area contributed by atoms with Gasteiger partial charge in [-0.3, -0.25) is 9.59 Å². The van der Waals surface area contributed by atoms with Gasteiger partial charge in [0.15, 0.2) is 0 Å². The number of hydrogen-bond donors (Lipinski definition) is 2. The van der Waals surface area contributed by atoms with Crippen molar-refractivity contribution < 1.29 is 9.59 Å². The number of fused-ring (bicyclic) bond motifs is 1. The lowest BCUT2D eigenvalue weighted by Gasteiger charge is -2.34. The number of nitrogens with two attached hydrogens (primary N) is 1. The zero-order chi connectivity index (χ0) is 13.6. The molecule has 0 radical (unpaired) electrons. The molecule has 6 heteroatoms. The van der Waals surface area contributed by atoms with Crippen LogP contribution in [0.5, 0.6) is 0 Å². The Kier molecular flexibility index (Phi) is 2.58. The van der Waals surface area contributed by atoms with Crippen molar-refractivity contribution in [2.75, 3.05) is 42.6 Å². The number of piperazine rings is 1. The molecule has 0 aromatic heterocycles. The molecule has 1 aromatic carbocycles. The maximum Gasteiger partial charge on any atom is 0.241 e. The van der Waals surface area contributed by atoms with Crippen molar-refractivity contribution in [2.24, 2.45) is 0 Å². The van der Waals surface area contributed by atoms with Gasteiger partial charge in [0, 0.05) is 25.8 Å². The van der Waals surface area contributed by atoms with Crippen LogP contribution in [0.2, 0.25) is 0 Å². The van der Waals surface area contributed by atoms with Crippen molar-refractivity contribution in [3.63, 3.8) is 0 Å². The Labute approximate surface area is 111 Å². The molecule has 19 heavy (non-hydrogen) atoms. The van der Waals surface area contributed by atoms with Gasteiger partial charge in [-0.25, -0.2) is 0 Å². The average molecular weight is 260 g/mol. The smallest absolute Gasteiger partial charge is 0.241 e. The molecular formula is C13H16N4O2. The lowest BCUT2D eigenvalue weighted by Crippen LogP contribution is -2.48. The number of likely N-dealkylation sites (N-methyl/N-ethyl adjacent to an activating group) is 1. The molecule has 0 aliphatic carbocycles. The number of rotatable bonds is 1. The number of amides is 2. The minimum Gasteiger partial charge on any atom is -0.397 e. The first kappa shape index (κ1) is 11.8. The quantitative estimate of drug-likeness (QED) is 0.699. The van der Waals surface area contributed by atoms with Crippen molar-refractivity contribution in [1.29, 1.82) is 0 Å². The highest BCUT2D eigenvalue weighted by Crippen LogP contribution is 2.34. The van der Waals surface area contributed by atoms with Crippen LogP contribution in [0.25, 0.3) is 0 Å². The Morgan fingerprint density at radius 2 is 2.05 bits per heavy atom. The van der Waals surface area contributed by atoms with Gasteiger partial charge in [0.1, 0.15) is 0 Å². The fraction of sp³-hybridized carbons (Fsp3) is 0.385. The molecule has 3 rings (SSSR count). The zero-order valence-electron chi connectivity index (χ0n) is 10.8. The number of carbonyl (C=O) groups excluding carboxylic acids is 2. The molecule has 1 saturated heterocycles. The molecule has 3 N–H and O–H groups in total. The first-order valence-corrected chi connectivity index (χ1v) is 6.26. The van der Waals surface area contributed by atoms with E-state index in [1.165, 1.54) is 0 Å². The molecule has 2 amide bonds. The molecule has 0 spiro atoms. The van der Waals surface area contributed by atoms with E-state index < -0.39 is 0 Å². The number of nitrogen functional groups attached to an aromatic ring is 1. The Bertz CT molecular complexity index is 570. The van der Waals surface area contributed by atoms with E-state index in [2.05, 4.69) is 5.32 Å². The largest absolute Gasteiger partial charge is 0.397 e. The summed E-state index contributed by atoms with van der Waals surface area (Å²) in [5.74, 6) is 0.0659. The fourth-order valence-corrected chi connectivity index (χ4v) is 2.52. The third-order valence-corrected chi connectivity index (χ3v) is 3.68. The highest BCUT2D eigenvalue weighted by Gasteiger charge is 2.25. The highest BCUT2D eigenvalue weighted by atomic mass is 16.2.